The predicted octanol–water partition coefficient (Wildman–Crippen LogP) is 2.36. The number of piperidine rings is 1. The zero-order chi connectivity index (χ0) is 14.4. The van der Waals surface area contributed by atoms with Gasteiger partial charge >= 0.3 is 0 Å². The molecule has 4 nitrogen and oxygen atoms in total. The molecule has 1 aliphatic rings. The summed E-state index contributed by atoms with van der Waals surface area (Å²) in [6.07, 6.45) is 3.67. The van der Waals surface area contributed by atoms with Crippen LogP contribution in [0.15, 0.2) is 12.1 Å². The second-order valence-corrected chi connectivity index (χ2v) is 5.59. The van der Waals surface area contributed by atoms with Crippen molar-refractivity contribution in [3.8, 4) is 5.75 Å². The van der Waals surface area contributed by atoms with E-state index >= 15 is 0 Å². The van der Waals surface area contributed by atoms with E-state index in [1.54, 1.807) is 7.11 Å². The monoisotopic (exact) mass is 277 g/mol. The summed E-state index contributed by atoms with van der Waals surface area (Å²) in [7, 11) is 1.72. The fourth-order valence-corrected chi connectivity index (χ4v) is 2.96. The maximum Gasteiger partial charge on any atom is 0.122 e. The van der Waals surface area contributed by atoms with Gasteiger partial charge in [-0.25, -0.2) is 0 Å². The largest absolute Gasteiger partial charge is 0.497 e. The molecule has 1 aromatic rings. The van der Waals surface area contributed by atoms with Crippen molar-refractivity contribution < 1.29 is 4.74 Å². The highest BCUT2D eigenvalue weighted by Crippen LogP contribution is 2.19. The van der Waals surface area contributed by atoms with Gasteiger partial charge in [-0.1, -0.05) is 6.92 Å². The molecule has 0 radical (unpaired) electrons. The number of ether oxygens (including phenoxy) is 1. The highest BCUT2D eigenvalue weighted by molar-refractivity contribution is 5.26. The number of aryl methyl sites for hydroxylation is 1. The summed E-state index contributed by atoms with van der Waals surface area (Å²) < 4.78 is 5.35. The van der Waals surface area contributed by atoms with E-state index in [-0.39, 0.29) is 0 Å². The van der Waals surface area contributed by atoms with Crippen LogP contribution in [0.4, 0.5) is 0 Å². The number of aromatic nitrogens is 1. The van der Waals surface area contributed by atoms with Gasteiger partial charge in [0.05, 0.1) is 12.8 Å². The first-order chi connectivity index (χ1) is 9.72. The number of rotatable bonds is 6. The zero-order valence-electron chi connectivity index (χ0n) is 13.0. The molecule has 0 saturated carbocycles. The summed E-state index contributed by atoms with van der Waals surface area (Å²) in [4.78, 5) is 7.25. The first kappa shape index (κ1) is 15.3. The van der Waals surface area contributed by atoms with Gasteiger partial charge in [-0.05, 0) is 45.8 Å². The van der Waals surface area contributed by atoms with Crippen LogP contribution in [0.25, 0.3) is 0 Å². The SMILES string of the molecule is CCCN(Cc1cc(OC)cc(C)n1)C1CCNCC1. The quantitative estimate of drug-likeness (QED) is 0.866. The molecule has 2 heterocycles. The molecule has 112 valence electrons. The number of nitrogens with one attached hydrogen (secondary N) is 1. The van der Waals surface area contributed by atoms with E-state index < -0.39 is 0 Å². The van der Waals surface area contributed by atoms with Crippen LogP contribution in [0.2, 0.25) is 0 Å². The minimum atomic E-state index is 0.685. The highest BCUT2D eigenvalue weighted by Gasteiger charge is 2.21. The molecular weight excluding hydrogens is 250 g/mol. The van der Waals surface area contributed by atoms with Crippen LogP contribution in [-0.4, -0.2) is 42.7 Å². The molecule has 20 heavy (non-hydrogen) atoms. The van der Waals surface area contributed by atoms with Crippen LogP contribution in [0.3, 0.4) is 0 Å². The predicted molar refractivity (Wildman–Crippen MR) is 82.1 cm³/mol. The van der Waals surface area contributed by atoms with Crippen molar-refractivity contribution in [3.63, 3.8) is 0 Å². The Labute approximate surface area is 122 Å². The molecule has 0 atom stereocenters. The van der Waals surface area contributed by atoms with Gasteiger partial charge in [0, 0.05) is 30.4 Å². The molecule has 1 saturated heterocycles. The van der Waals surface area contributed by atoms with Crippen molar-refractivity contribution in [2.45, 2.75) is 45.7 Å². The smallest absolute Gasteiger partial charge is 0.122 e. The van der Waals surface area contributed by atoms with Crippen LogP contribution in [0, 0.1) is 6.92 Å². The lowest BCUT2D eigenvalue weighted by molar-refractivity contribution is 0.152. The first-order valence-electron chi connectivity index (χ1n) is 7.69. The Balaban J connectivity index is 2.08. The van der Waals surface area contributed by atoms with Crippen molar-refractivity contribution in [2.75, 3.05) is 26.7 Å². The van der Waals surface area contributed by atoms with E-state index in [4.69, 9.17) is 4.74 Å². The van der Waals surface area contributed by atoms with Gasteiger partial charge in [0.25, 0.3) is 0 Å². The van der Waals surface area contributed by atoms with Crippen LogP contribution in [0.5, 0.6) is 5.75 Å². The molecule has 0 amide bonds. The molecule has 0 bridgehead atoms. The maximum atomic E-state index is 5.35. The first-order valence-corrected chi connectivity index (χ1v) is 7.69. The Kier molecular flexibility index (Phi) is 5.80. The zero-order valence-corrected chi connectivity index (χ0v) is 13.0. The minimum Gasteiger partial charge on any atom is -0.497 e. The second kappa shape index (κ2) is 7.60. The molecule has 2 rings (SSSR count). The molecule has 1 aromatic heterocycles. The fourth-order valence-electron chi connectivity index (χ4n) is 2.96. The number of hydrogen-bond donors (Lipinski definition) is 1. The van der Waals surface area contributed by atoms with E-state index in [9.17, 15) is 0 Å². The summed E-state index contributed by atoms with van der Waals surface area (Å²) >= 11 is 0. The standard InChI is InChI=1S/C16H27N3O/c1-4-9-19(15-5-7-17-8-6-15)12-14-11-16(20-3)10-13(2)18-14/h10-11,15,17H,4-9,12H2,1-3H3. The molecule has 0 spiro atoms. The molecule has 1 aliphatic heterocycles. The van der Waals surface area contributed by atoms with Crippen LogP contribution < -0.4 is 10.1 Å². The number of nitrogens with zero attached hydrogens (tertiary/aromatic N) is 2. The summed E-state index contributed by atoms with van der Waals surface area (Å²) in [6, 6.07) is 4.74. The van der Waals surface area contributed by atoms with Gasteiger partial charge in [0.1, 0.15) is 5.75 Å². The highest BCUT2D eigenvalue weighted by atomic mass is 16.5. The molecular formula is C16H27N3O. The van der Waals surface area contributed by atoms with Crippen molar-refractivity contribution in [1.82, 2.24) is 15.2 Å². The summed E-state index contributed by atoms with van der Waals surface area (Å²) in [5.41, 5.74) is 2.15. The average Bonchev–Trinajstić information content (AvgIpc) is 2.47. The molecule has 1 N–H and O–H groups in total. The second-order valence-electron chi connectivity index (χ2n) is 5.59. The van der Waals surface area contributed by atoms with Crippen molar-refractivity contribution in [1.29, 1.82) is 0 Å². The number of methoxy groups -OCH3 is 1. The summed E-state index contributed by atoms with van der Waals surface area (Å²) in [6.45, 7) is 8.61. The average molecular weight is 277 g/mol. The van der Waals surface area contributed by atoms with Crippen molar-refractivity contribution in [3.05, 3.63) is 23.5 Å². The Hall–Kier alpha value is -1.13. The normalized spacial score (nSPS) is 16.6. The van der Waals surface area contributed by atoms with Gasteiger partial charge in [-0.3, -0.25) is 9.88 Å². The van der Waals surface area contributed by atoms with Gasteiger partial charge in [0.2, 0.25) is 0 Å². The Morgan fingerprint density at radius 1 is 1.35 bits per heavy atom. The summed E-state index contributed by atoms with van der Waals surface area (Å²) in [5.74, 6) is 0.911. The van der Waals surface area contributed by atoms with Gasteiger partial charge in [-0.2, -0.15) is 0 Å². The number of pyridine rings is 1. The third kappa shape index (κ3) is 4.18. The molecule has 4 heteroatoms. The molecule has 0 aromatic carbocycles. The maximum absolute atomic E-state index is 5.35. The molecule has 1 fully saturated rings. The van der Waals surface area contributed by atoms with Gasteiger partial charge in [-0.15, -0.1) is 0 Å². The summed E-state index contributed by atoms with van der Waals surface area (Å²) in [5, 5.41) is 3.44. The molecule has 0 unspecified atom stereocenters. The van der Waals surface area contributed by atoms with Gasteiger partial charge in [0.15, 0.2) is 0 Å². The van der Waals surface area contributed by atoms with Crippen molar-refractivity contribution in [2.24, 2.45) is 0 Å². The Morgan fingerprint density at radius 2 is 2.10 bits per heavy atom. The van der Waals surface area contributed by atoms with E-state index in [0.29, 0.717) is 6.04 Å². The minimum absolute atomic E-state index is 0.685. The van der Waals surface area contributed by atoms with Crippen LogP contribution in [0.1, 0.15) is 37.6 Å². The lowest BCUT2D eigenvalue weighted by Crippen LogP contribution is -2.43. The topological polar surface area (TPSA) is 37.4 Å². The van der Waals surface area contributed by atoms with E-state index in [1.165, 1.54) is 19.3 Å². The molecule has 0 aliphatic carbocycles. The Bertz CT molecular complexity index is 416. The Morgan fingerprint density at radius 3 is 2.75 bits per heavy atom. The van der Waals surface area contributed by atoms with Crippen LogP contribution in [-0.2, 0) is 6.54 Å². The lowest BCUT2D eigenvalue weighted by atomic mass is 10.0. The van der Waals surface area contributed by atoms with Crippen LogP contribution >= 0.6 is 0 Å². The fraction of sp³-hybridized carbons (Fsp3) is 0.688. The van der Waals surface area contributed by atoms with E-state index in [2.05, 4.69) is 28.2 Å². The number of hydrogen-bond acceptors (Lipinski definition) is 4. The van der Waals surface area contributed by atoms with E-state index in [1.807, 2.05) is 13.0 Å². The van der Waals surface area contributed by atoms with E-state index in [0.717, 1.165) is 43.3 Å². The van der Waals surface area contributed by atoms with Crippen molar-refractivity contribution >= 4 is 0 Å². The third-order valence-corrected chi connectivity index (χ3v) is 3.92. The van der Waals surface area contributed by atoms with Gasteiger partial charge < -0.3 is 10.1 Å². The lowest BCUT2D eigenvalue weighted by Gasteiger charge is -2.34. The third-order valence-electron chi connectivity index (χ3n) is 3.92.